The number of hydrogen-bond acceptors (Lipinski definition) is 3. The van der Waals surface area contributed by atoms with Crippen molar-refractivity contribution >= 4 is 31.9 Å². The summed E-state index contributed by atoms with van der Waals surface area (Å²) in [6, 6.07) is 0.893. The third kappa shape index (κ3) is 3.27. The van der Waals surface area contributed by atoms with Crippen molar-refractivity contribution in [2.75, 3.05) is 0 Å². The van der Waals surface area contributed by atoms with Crippen molar-refractivity contribution in [2.24, 2.45) is 0 Å². The van der Waals surface area contributed by atoms with Crippen LogP contribution in [0.5, 0.6) is 0 Å². The van der Waals surface area contributed by atoms with Crippen LogP contribution in [0.15, 0.2) is 21.5 Å². The Labute approximate surface area is 112 Å². The summed E-state index contributed by atoms with van der Waals surface area (Å²) in [6.07, 6.45) is 0. The molecule has 0 saturated carbocycles. The van der Waals surface area contributed by atoms with Crippen molar-refractivity contribution < 1.29 is 22.7 Å². The first-order valence-electron chi connectivity index (χ1n) is 4.86. The summed E-state index contributed by atoms with van der Waals surface area (Å²) in [5.41, 5.74) is 0.195. The Balaban J connectivity index is 3.21. The zero-order valence-corrected chi connectivity index (χ0v) is 12.0. The van der Waals surface area contributed by atoms with Crippen LogP contribution in [-0.4, -0.2) is 25.5 Å². The molecule has 1 aromatic carbocycles. The maximum atomic E-state index is 13.2. The fourth-order valence-corrected chi connectivity index (χ4v) is 3.21. The number of sulfonamides is 1. The molecule has 0 aliphatic rings. The molecule has 5 nitrogen and oxygen atoms in total. The van der Waals surface area contributed by atoms with E-state index in [1.165, 1.54) is 13.8 Å². The van der Waals surface area contributed by atoms with Crippen LogP contribution >= 0.6 is 15.9 Å². The van der Waals surface area contributed by atoms with Gasteiger partial charge in [0.15, 0.2) is 0 Å². The lowest BCUT2D eigenvalue weighted by molar-refractivity contribution is -0.138. The number of carbonyl (C=O) groups is 1. The van der Waals surface area contributed by atoms with E-state index in [1.54, 1.807) is 0 Å². The minimum atomic E-state index is -4.00. The number of nitrogens with one attached hydrogen (secondary N) is 1. The average Bonchev–Trinajstić information content (AvgIpc) is 2.22. The Bertz CT molecular complexity index is 588. The molecular weight excluding hydrogens is 329 g/mol. The van der Waals surface area contributed by atoms with Gasteiger partial charge in [-0.15, -0.1) is 0 Å². The second kappa shape index (κ2) is 5.33. The maximum Gasteiger partial charge on any atom is 0.321 e. The number of carboxylic acids is 1. The van der Waals surface area contributed by atoms with Crippen LogP contribution < -0.4 is 4.72 Å². The third-order valence-corrected chi connectivity index (χ3v) is 4.50. The first kappa shape index (κ1) is 15.1. The van der Waals surface area contributed by atoms with Gasteiger partial charge in [0.1, 0.15) is 11.9 Å². The summed E-state index contributed by atoms with van der Waals surface area (Å²) < 4.78 is 39.0. The van der Waals surface area contributed by atoms with E-state index in [0.29, 0.717) is 0 Å². The van der Waals surface area contributed by atoms with Gasteiger partial charge in [-0.25, -0.2) is 12.8 Å². The van der Waals surface area contributed by atoms with Crippen LogP contribution in [0.4, 0.5) is 4.39 Å². The van der Waals surface area contributed by atoms with Crippen LogP contribution in [-0.2, 0) is 14.8 Å². The molecule has 0 radical (unpaired) electrons. The molecule has 0 amide bonds. The minimum absolute atomic E-state index is 0.00328. The van der Waals surface area contributed by atoms with Gasteiger partial charge in [0, 0.05) is 0 Å². The molecule has 0 unspecified atom stereocenters. The number of benzene rings is 1. The van der Waals surface area contributed by atoms with E-state index < -0.39 is 27.9 Å². The molecule has 1 atom stereocenters. The highest BCUT2D eigenvalue weighted by Crippen LogP contribution is 2.23. The standard InChI is InChI=1S/C10H11BrFNO4S/c1-5-3-8(12)7(11)4-9(5)18(16,17)13-6(2)10(14)15/h3-4,6,13H,1-2H3,(H,14,15)/t6-/m1/s1. The smallest absolute Gasteiger partial charge is 0.321 e. The Morgan fingerprint density at radius 3 is 2.56 bits per heavy atom. The second-order valence-electron chi connectivity index (χ2n) is 3.71. The van der Waals surface area contributed by atoms with Crippen LogP contribution in [0.2, 0.25) is 0 Å². The lowest BCUT2D eigenvalue weighted by Crippen LogP contribution is -2.38. The van der Waals surface area contributed by atoms with Crippen LogP contribution in [0.1, 0.15) is 12.5 Å². The Morgan fingerprint density at radius 1 is 1.50 bits per heavy atom. The van der Waals surface area contributed by atoms with Crippen LogP contribution in [0, 0.1) is 12.7 Å². The van der Waals surface area contributed by atoms with Gasteiger partial charge in [0.25, 0.3) is 0 Å². The summed E-state index contributed by atoms with van der Waals surface area (Å²) in [5, 5.41) is 8.66. The Hall–Kier alpha value is -0.990. The third-order valence-electron chi connectivity index (χ3n) is 2.21. The molecule has 0 aliphatic heterocycles. The molecule has 1 rings (SSSR count). The fourth-order valence-electron chi connectivity index (χ4n) is 1.26. The minimum Gasteiger partial charge on any atom is -0.480 e. The number of carboxylic acid groups (broad SMARTS) is 1. The predicted octanol–water partition coefficient (Wildman–Crippen LogP) is 1.65. The van der Waals surface area contributed by atoms with Crippen molar-refractivity contribution in [1.82, 2.24) is 4.72 Å². The number of rotatable bonds is 4. The average molecular weight is 340 g/mol. The maximum absolute atomic E-state index is 13.2. The largest absolute Gasteiger partial charge is 0.480 e. The van der Waals surface area contributed by atoms with E-state index in [4.69, 9.17) is 5.11 Å². The molecule has 8 heteroatoms. The van der Waals surface area contributed by atoms with E-state index in [9.17, 15) is 17.6 Å². The molecule has 1 aromatic rings. The van der Waals surface area contributed by atoms with Crippen LogP contribution in [0.25, 0.3) is 0 Å². The van der Waals surface area contributed by atoms with Gasteiger partial charge in [-0.2, -0.15) is 4.72 Å². The van der Waals surface area contributed by atoms with Crippen molar-refractivity contribution in [1.29, 1.82) is 0 Å². The van der Waals surface area contributed by atoms with Crippen molar-refractivity contribution in [3.63, 3.8) is 0 Å². The fraction of sp³-hybridized carbons (Fsp3) is 0.300. The lowest BCUT2D eigenvalue weighted by Gasteiger charge is -2.12. The molecule has 0 spiro atoms. The Kier molecular flexibility index (Phi) is 4.46. The summed E-state index contributed by atoms with van der Waals surface area (Å²) in [7, 11) is -4.00. The second-order valence-corrected chi connectivity index (χ2v) is 6.25. The first-order chi connectivity index (χ1) is 8.15. The van der Waals surface area contributed by atoms with Crippen molar-refractivity contribution in [3.05, 3.63) is 28.0 Å². The van der Waals surface area contributed by atoms with E-state index >= 15 is 0 Å². The summed E-state index contributed by atoms with van der Waals surface area (Å²) in [5.74, 6) is -1.88. The van der Waals surface area contributed by atoms with Gasteiger partial charge in [-0.3, -0.25) is 4.79 Å². The molecule has 0 aromatic heterocycles. The molecule has 0 heterocycles. The lowest BCUT2D eigenvalue weighted by atomic mass is 10.2. The normalized spacial score (nSPS) is 13.3. The van der Waals surface area contributed by atoms with Gasteiger partial charge >= 0.3 is 5.97 Å². The van der Waals surface area contributed by atoms with Gasteiger partial charge in [-0.05, 0) is 47.5 Å². The number of hydrogen-bond donors (Lipinski definition) is 2. The molecule has 18 heavy (non-hydrogen) atoms. The zero-order valence-electron chi connectivity index (χ0n) is 9.57. The Morgan fingerprint density at radius 2 is 2.06 bits per heavy atom. The predicted molar refractivity (Wildman–Crippen MR) is 66.3 cm³/mol. The van der Waals surface area contributed by atoms with Gasteiger partial charge < -0.3 is 5.11 Å². The topological polar surface area (TPSA) is 83.5 Å². The molecule has 0 aliphatic carbocycles. The molecule has 2 N–H and O–H groups in total. The monoisotopic (exact) mass is 339 g/mol. The number of aliphatic carboxylic acids is 1. The quantitative estimate of drug-likeness (QED) is 0.873. The molecule has 100 valence electrons. The van der Waals surface area contributed by atoms with E-state index in [2.05, 4.69) is 15.9 Å². The molecule has 0 fully saturated rings. The van der Waals surface area contributed by atoms with Crippen LogP contribution in [0.3, 0.4) is 0 Å². The molecule has 0 saturated heterocycles. The highest BCUT2D eigenvalue weighted by Gasteiger charge is 2.24. The summed E-state index contributed by atoms with van der Waals surface area (Å²) >= 11 is 2.88. The van der Waals surface area contributed by atoms with Crippen molar-refractivity contribution in [3.8, 4) is 0 Å². The highest BCUT2D eigenvalue weighted by molar-refractivity contribution is 9.10. The van der Waals surface area contributed by atoms with E-state index in [0.717, 1.165) is 12.1 Å². The van der Waals surface area contributed by atoms with Crippen molar-refractivity contribution in [2.45, 2.75) is 24.8 Å². The first-order valence-corrected chi connectivity index (χ1v) is 7.13. The summed E-state index contributed by atoms with van der Waals surface area (Å²) in [4.78, 5) is 10.5. The van der Waals surface area contributed by atoms with Gasteiger partial charge in [0.2, 0.25) is 10.0 Å². The van der Waals surface area contributed by atoms with E-state index in [-0.39, 0.29) is 14.9 Å². The number of halogens is 2. The highest BCUT2D eigenvalue weighted by atomic mass is 79.9. The zero-order chi connectivity index (χ0) is 14.1. The van der Waals surface area contributed by atoms with Gasteiger partial charge in [0.05, 0.1) is 9.37 Å². The summed E-state index contributed by atoms with van der Waals surface area (Å²) in [6.45, 7) is 2.63. The van der Waals surface area contributed by atoms with Gasteiger partial charge in [-0.1, -0.05) is 0 Å². The SMILES string of the molecule is Cc1cc(F)c(Br)cc1S(=O)(=O)N[C@H](C)C(=O)O. The molecular formula is C10H11BrFNO4S. The molecule has 0 bridgehead atoms. The number of aryl methyl sites for hydroxylation is 1. The van der Waals surface area contributed by atoms with E-state index in [1.807, 2.05) is 4.72 Å².